The monoisotopic (exact) mass is 447 g/mol. The lowest BCUT2D eigenvalue weighted by Crippen LogP contribution is -2.50. The van der Waals surface area contributed by atoms with E-state index in [1.807, 2.05) is 18.7 Å². The molecule has 0 saturated carbocycles. The number of hydrogen-bond acceptors (Lipinski definition) is 6. The molecule has 0 amide bonds. The van der Waals surface area contributed by atoms with Gasteiger partial charge in [0.1, 0.15) is 0 Å². The minimum absolute atomic E-state index is 0.177. The van der Waals surface area contributed by atoms with Gasteiger partial charge in [-0.2, -0.15) is 4.31 Å². The zero-order valence-electron chi connectivity index (χ0n) is 16.7. The Kier molecular flexibility index (Phi) is 5.52. The molecule has 30 heavy (non-hydrogen) atoms. The maximum atomic E-state index is 13.0. The van der Waals surface area contributed by atoms with Crippen LogP contribution < -0.4 is 10.5 Å². The Bertz CT molecular complexity index is 1270. The summed E-state index contributed by atoms with van der Waals surface area (Å²) >= 11 is 6.11. The summed E-state index contributed by atoms with van der Waals surface area (Å²) in [6, 6.07) is 6.53. The number of nitrogens with zero attached hydrogens (tertiary/aromatic N) is 5. The van der Waals surface area contributed by atoms with Crippen molar-refractivity contribution in [2.24, 2.45) is 0 Å². The molecule has 1 fully saturated rings. The molecule has 1 aliphatic heterocycles. The number of fused-ring (bicyclic) bond motifs is 1. The van der Waals surface area contributed by atoms with Crippen molar-refractivity contribution in [1.29, 1.82) is 0 Å². The second kappa shape index (κ2) is 7.98. The molecular weight excluding hydrogens is 426 g/mol. The Balaban J connectivity index is 1.60. The van der Waals surface area contributed by atoms with Crippen LogP contribution in [0.1, 0.15) is 12.5 Å². The van der Waals surface area contributed by atoms with Crippen molar-refractivity contribution in [3.05, 3.63) is 57.6 Å². The summed E-state index contributed by atoms with van der Waals surface area (Å²) in [6.07, 6.45) is 3.27. The van der Waals surface area contributed by atoms with Crippen LogP contribution in [0.3, 0.4) is 0 Å². The number of hydrogen-bond donors (Lipinski definition) is 0. The van der Waals surface area contributed by atoms with Gasteiger partial charge in [0, 0.05) is 43.9 Å². The molecule has 4 rings (SSSR count). The van der Waals surface area contributed by atoms with E-state index in [9.17, 15) is 13.2 Å². The molecule has 0 N–H and O–H groups in total. The van der Waals surface area contributed by atoms with Gasteiger partial charge in [-0.25, -0.2) is 13.4 Å². The fourth-order valence-corrected chi connectivity index (χ4v) is 5.31. The molecule has 0 spiro atoms. The molecule has 0 aliphatic carbocycles. The second-order valence-electron chi connectivity index (χ2n) is 7.15. The Labute approximate surface area is 179 Å². The number of aromatic nitrogens is 3. The number of halogens is 1. The van der Waals surface area contributed by atoms with Gasteiger partial charge in [0.05, 0.1) is 22.1 Å². The van der Waals surface area contributed by atoms with E-state index >= 15 is 0 Å². The van der Waals surface area contributed by atoms with Crippen LogP contribution >= 0.6 is 11.6 Å². The van der Waals surface area contributed by atoms with Gasteiger partial charge in [0.2, 0.25) is 10.0 Å². The van der Waals surface area contributed by atoms with Gasteiger partial charge in [0.25, 0.3) is 5.56 Å². The molecule has 0 bridgehead atoms. The molecule has 3 heterocycles. The highest BCUT2D eigenvalue weighted by Gasteiger charge is 2.30. The molecule has 3 aromatic rings. The van der Waals surface area contributed by atoms with E-state index in [1.165, 1.54) is 10.4 Å². The smallest absolute Gasteiger partial charge is 0.294 e. The fraction of sp³-hybridized carbons (Fsp3) is 0.350. The second-order valence-corrected chi connectivity index (χ2v) is 9.50. The van der Waals surface area contributed by atoms with Crippen LogP contribution in [0.2, 0.25) is 5.02 Å². The van der Waals surface area contributed by atoms with Gasteiger partial charge in [0.15, 0.2) is 5.82 Å². The number of anilines is 1. The highest BCUT2D eigenvalue weighted by molar-refractivity contribution is 7.89. The minimum Gasteiger partial charge on any atom is -0.349 e. The van der Waals surface area contributed by atoms with Gasteiger partial charge >= 0.3 is 0 Å². The molecule has 10 heteroatoms. The van der Waals surface area contributed by atoms with Crippen molar-refractivity contribution in [2.45, 2.75) is 25.3 Å². The third-order valence-electron chi connectivity index (χ3n) is 5.37. The highest BCUT2D eigenvalue weighted by atomic mass is 35.5. The third kappa shape index (κ3) is 3.57. The summed E-state index contributed by atoms with van der Waals surface area (Å²) in [6.45, 7) is 5.49. The number of pyridine rings is 1. The number of sulfonamides is 1. The highest BCUT2D eigenvalue weighted by Crippen LogP contribution is 2.24. The molecule has 2 aromatic heterocycles. The SMILES string of the molecule is CCn1c(=O)c(N2CCN(S(=O)(=O)c3ccc(C)c(Cl)c3)CC2)nc2ccncc21. The topological polar surface area (TPSA) is 88.4 Å². The summed E-state index contributed by atoms with van der Waals surface area (Å²) in [7, 11) is -3.65. The van der Waals surface area contributed by atoms with E-state index in [0.29, 0.717) is 41.5 Å². The van der Waals surface area contributed by atoms with E-state index < -0.39 is 10.0 Å². The maximum Gasteiger partial charge on any atom is 0.294 e. The van der Waals surface area contributed by atoms with Crippen LogP contribution in [0, 0.1) is 6.92 Å². The average Bonchev–Trinajstić information content (AvgIpc) is 2.75. The Hall–Kier alpha value is -2.49. The van der Waals surface area contributed by atoms with Crippen LogP contribution in [0.4, 0.5) is 5.82 Å². The van der Waals surface area contributed by atoms with Crippen molar-refractivity contribution in [3.63, 3.8) is 0 Å². The number of rotatable bonds is 4. The third-order valence-corrected chi connectivity index (χ3v) is 7.67. The Morgan fingerprint density at radius 3 is 2.53 bits per heavy atom. The summed E-state index contributed by atoms with van der Waals surface area (Å²) in [5.41, 5.74) is 2.00. The fourth-order valence-electron chi connectivity index (χ4n) is 3.62. The zero-order chi connectivity index (χ0) is 21.5. The normalized spacial score (nSPS) is 15.6. The maximum absolute atomic E-state index is 13.0. The first-order chi connectivity index (χ1) is 14.3. The van der Waals surface area contributed by atoms with E-state index in [4.69, 9.17) is 11.6 Å². The summed E-state index contributed by atoms with van der Waals surface area (Å²) in [5, 5.41) is 0.421. The van der Waals surface area contributed by atoms with Crippen molar-refractivity contribution in [3.8, 4) is 0 Å². The largest absolute Gasteiger partial charge is 0.349 e. The first-order valence-electron chi connectivity index (χ1n) is 9.68. The van der Waals surface area contributed by atoms with E-state index in [0.717, 1.165) is 5.56 Å². The van der Waals surface area contributed by atoms with Gasteiger partial charge in [-0.1, -0.05) is 17.7 Å². The quantitative estimate of drug-likeness (QED) is 0.609. The zero-order valence-corrected chi connectivity index (χ0v) is 18.3. The van der Waals surface area contributed by atoms with Crippen LogP contribution in [-0.4, -0.2) is 53.4 Å². The molecule has 1 aliphatic rings. The van der Waals surface area contributed by atoms with Crippen molar-refractivity contribution < 1.29 is 8.42 Å². The molecule has 8 nitrogen and oxygen atoms in total. The molecular formula is C20H22ClN5O3S. The van der Waals surface area contributed by atoms with Crippen molar-refractivity contribution >= 4 is 38.5 Å². The van der Waals surface area contributed by atoms with Gasteiger partial charge in [-0.05, 0) is 37.6 Å². The van der Waals surface area contributed by atoms with Gasteiger partial charge in [-0.3, -0.25) is 9.78 Å². The number of benzene rings is 1. The van der Waals surface area contributed by atoms with E-state index in [2.05, 4.69) is 9.97 Å². The molecule has 0 radical (unpaired) electrons. The van der Waals surface area contributed by atoms with Crippen molar-refractivity contribution in [1.82, 2.24) is 18.8 Å². The summed E-state index contributed by atoms with van der Waals surface area (Å²) in [5.74, 6) is 0.339. The van der Waals surface area contributed by atoms with Crippen LogP contribution in [-0.2, 0) is 16.6 Å². The summed E-state index contributed by atoms with van der Waals surface area (Å²) < 4.78 is 29.1. The average molecular weight is 448 g/mol. The van der Waals surface area contributed by atoms with Gasteiger partial charge in [-0.15, -0.1) is 0 Å². The summed E-state index contributed by atoms with van der Waals surface area (Å²) in [4.78, 5) is 23.6. The lowest BCUT2D eigenvalue weighted by Gasteiger charge is -2.34. The van der Waals surface area contributed by atoms with E-state index in [1.54, 1.807) is 35.2 Å². The standard InChI is InChI=1S/C20H22ClN5O3S/c1-3-26-18-13-22-7-6-17(18)23-19(20(26)27)24-8-10-25(11-9-24)30(28,29)15-5-4-14(2)16(21)12-15/h4-7,12-13H,3,8-11H2,1-2H3. The first-order valence-corrected chi connectivity index (χ1v) is 11.5. The van der Waals surface area contributed by atoms with Crippen LogP contribution in [0.25, 0.3) is 11.0 Å². The Morgan fingerprint density at radius 2 is 1.87 bits per heavy atom. The van der Waals surface area contributed by atoms with Crippen molar-refractivity contribution in [2.75, 3.05) is 31.1 Å². The lowest BCUT2D eigenvalue weighted by molar-refractivity contribution is 0.383. The molecule has 0 unspecified atom stereocenters. The minimum atomic E-state index is -3.65. The lowest BCUT2D eigenvalue weighted by atomic mass is 10.2. The van der Waals surface area contributed by atoms with Crippen LogP contribution in [0.15, 0.2) is 46.3 Å². The van der Waals surface area contributed by atoms with Gasteiger partial charge < -0.3 is 9.47 Å². The molecule has 0 atom stereocenters. The Morgan fingerprint density at radius 1 is 1.13 bits per heavy atom. The van der Waals surface area contributed by atoms with Crippen LogP contribution in [0.5, 0.6) is 0 Å². The first kappa shape index (κ1) is 20.8. The predicted octanol–water partition coefficient (Wildman–Crippen LogP) is 2.28. The molecule has 1 saturated heterocycles. The number of piperazine rings is 1. The molecule has 1 aromatic carbocycles. The number of aryl methyl sites for hydroxylation is 2. The van der Waals surface area contributed by atoms with E-state index in [-0.39, 0.29) is 23.5 Å². The molecule has 158 valence electrons. The predicted molar refractivity (Wildman–Crippen MR) is 117 cm³/mol.